The number of ether oxygens (including phenoxy) is 2. The number of carbonyl (C=O) groups excluding carboxylic acids is 1. The highest BCUT2D eigenvalue weighted by Crippen LogP contribution is 2.30. The minimum atomic E-state index is 0.0154. The van der Waals surface area contributed by atoms with Crippen LogP contribution in [0.5, 0.6) is 11.5 Å². The fourth-order valence-corrected chi connectivity index (χ4v) is 2.88. The summed E-state index contributed by atoms with van der Waals surface area (Å²) in [5.41, 5.74) is 2.07. The zero-order valence-electron chi connectivity index (χ0n) is 14.3. The van der Waals surface area contributed by atoms with Crippen LogP contribution in [0.4, 0.5) is 0 Å². The molecule has 7 heteroatoms. The molecule has 0 spiro atoms. The summed E-state index contributed by atoms with van der Waals surface area (Å²) in [6.45, 7) is 2.49. The Hall–Kier alpha value is -2.28. The van der Waals surface area contributed by atoms with Crippen LogP contribution in [0.1, 0.15) is 11.1 Å². The molecule has 0 N–H and O–H groups in total. The van der Waals surface area contributed by atoms with E-state index in [1.54, 1.807) is 44.6 Å². The molecule has 0 saturated carbocycles. The van der Waals surface area contributed by atoms with E-state index in [9.17, 15) is 4.79 Å². The third-order valence-electron chi connectivity index (χ3n) is 3.54. The number of thioether (sulfide) groups is 1. The van der Waals surface area contributed by atoms with Gasteiger partial charge in [-0.15, -0.1) is 0 Å². The van der Waals surface area contributed by atoms with E-state index < -0.39 is 0 Å². The van der Waals surface area contributed by atoms with Crippen molar-refractivity contribution in [3.05, 3.63) is 41.7 Å². The average Bonchev–Trinajstić information content (AvgIpc) is 2.61. The van der Waals surface area contributed by atoms with Crippen molar-refractivity contribution in [2.75, 3.05) is 27.0 Å². The Morgan fingerprint density at radius 3 is 2.42 bits per heavy atom. The minimum absolute atomic E-state index is 0.0154. The maximum atomic E-state index is 12.3. The molecule has 1 heterocycles. The predicted molar refractivity (Wildman–Crippen MR) is 93.5 cm³/mol. The Morgan fingerprint density at radius 1 is 1.17 bits per heavy atom. The first kappa shape index (κ1) is 18.1. The number of hydrogen-bond donors (Lipinski definition) is 0. The molecule has 2 rings (SSSR count). The third-order valence-corrected chi connectivity index (χ3v) is 4.40. The topological polar surface area (TPSA) is 64.5 Å². The molecule has 1 aromatic carbocycles. The first-order chi connectivity index (χ1) is 11.5. The summed E-state index contributed by atoms with van der Waals surface area (Å²) < 4.78 is 10.6. The van der Waals surface area contributed by atoms with Gasteiger partial charge in [0.2, 0.25) is 5.91 Å². The number of aromatic nitrogens is 2. The van der Waals surface area contributed by atoms with Gasteiger partial charge in [-0.1, -0.05) is 11.8 Å². The molecule has 2 aromatic rings. The molecule has 0 saturated heterocycles. The van der Waals surface area contributed by atoms with Crippen LogP contribution in [0.15, 0.2) is 35.7 Å². The van der Waals surface area contributed by atoms with E-state index in [0.717, 1.165) is 11.1 Å². The van der Waals surface area contributed by atoms with Crippen molar-refractivity contribution in [3.63, 3.8) is 0 Å². The maximum absolute atomic E-state index is 12.3. The summed E-state index contributed by atoms with van der Waals surface area (Å²) in [7, 11) is 4.99. The molecular weight excluding hydrogens is 326 g/mol. The van der Waals surface area contributed by atoms with Crippen molar-refractivity contribution in [1.82, 2.24) is 14.9 Å². The SMILES string of the molecule is COc1cc(C)c(CN(C)C(=O)CSc2ncccn2)cc1OC. The lowest BCUT2D eigenvalue weighted by atomic mass is 10.1. The first-order valence-electron chi connectivity index (χ1n) is 7.40. The van der Waals surface area contributed by atoms with Gasteiger partial charge in [0, 0.05) is 26.0 Å². The number of methoxy groups -OCH3 is 2. The fourth-order valence-electron chi connectivity index (χ4n) is 2.13. The first-order valence-corrected chi connectivity index (χ1v) is 8.39. The molecule has 128 valence electrons. The van der Waals surface area contributed by atoms with Crippen molar-refractivity contribution >= 4 is 17.7 Å². The van der Waals surface area contributed by atoms with Crippen LogP contribution in [0.25, 0.3) is 0 Å². The zero-order chi connectivity index (χ0) is 17.5. The van der Waals surface area contributed by atoms with E-state index in [1.807, 2.05) is 19.1 Å². The van der Waals surface area contributed by atoms with E-state index in [0.29, 0.717) is 29.0 Å². The molecule has 0 aliphatic heterocycles. The van der Waals surface area contributed by atoms with Crippen LogP contribution in [-0.4, -0.2) is 47.8 Å². The summed E-state index contributed by atoms with van der Waals surface area (Å²) in [6, 6.07) is 5.57. The van der Waals surface area contributed by atoms with Gasteiger partial charge < -0.3 is 14.4 Å². The van der Waals surface area contributed by atoms with Gasteiger partial charge in [0.15, 0.2) is 16.7 Å². The second-order valence-electron chi connectivity index (χ2n) is 5.20. The molecule has 0 radical (unpaired) electrons. The number of aryl methyl sites for hydroxylation is 1. The van der Waals surface area contributed by atoms with Gasteiger partial charge in [-0.3, -0.25) is 4.79 Å². The second-order valence-corrected chi connectivity index (χ2v) is 6.15. The Balaban J connectivity index is 2.00. The third kappa shape index (κ3) is 4.61. The zero-order valence-corrected chi connectivity index (χ0v) is 15.1. The largest absolute Gasteiger partial charge is 0.493 e. The Labute approximate surface area is 146 Å². The maximum Gasteiger partial charge on any atom is 0.233 e. The number of nitrogens with zero attached hydrogens (tertiary/aromatic N) is 3. The monoisotopic (exact) mass is 347 g/mol. The molecule has 0 fully saturated rings. The average molecular weight is 347 g/mol. The molecular formula is C17H21N3O3S. The van der Waals surface area contributed by atoms with Gasteiger partial charge in [-0.25, -0.2) is 9.97 Å². The van der Waals surface area contributed by atoms with E-state index in [4.69, 9.17) is 9.47 Å². The van der Waals surface area contributed by atoms with Gasteiger partial charge in [-0.2, -0.15) is 0 Å². The molecule has 24 heavy (non-hydrogen) atoms. The Morgan fingerprint density at radius 2 is 1.79 bits per heavy atom. The van der Waals surface area contributed by atoms with Crippen LogP contribution in [0.2, 0.25) is 0 Å². The molecule has 1 aromatic heterocycles. The van der Waals surface area contributed by atoms with Crippen molar-refractivity contribution < 1.29 is 14.3 Å². The van der Waals surface area contributed by atoms with Crippen molar-refractivity contribution in [3.8, 4) is 11.5 Å². The van der Waals surface area contributed by atoms with Crippen LogP contribution in [0.3, 0.4) is 0 Å². The van der Waals surface area contributed by atoms with Crippen LogP contribution in [-0.2, 0) is 11.3 Å². The van der Waals surface area contributed by atoms with E-state index in [-0.39, 0.29) is 5.91 Å². The lowest BCUT2D eigenvalue weighted by Crippen LogP contribution is -2.28. The quantitative estimate of drug-likeness (QED) is 0.566. The smallest absolute Gasteiger partial charge is 0.233 e. The highest BCUT2D eigenvalue weighted by atomic mass is 32.2. The Kier molecular flexibility index (Phi) is 6.43. The lowest BCUT2D eigenvalue weighted by Gasteiger charge is -2.19. The molecule has 6 nitrogen and oxygen atoms in total. The molecule has 0 aliphatic carbocycles. The molecule has 0 atom stereocenters. The van der Waals surface area contributed by atoms with Crippen LogP contribution < -0.4 is 9.47 Å². The molecule has 1 amide bonds. The van der Waals surface area contributed by atoms with Gasteiger partial charge in [0.25, 0.3) is 0 Å². The normalized spacial score (nSPS) is 10.3. The van der Waals surface area contributed by atoms with Gasteiger partial charge in [0.05, 0.1) is 20.0 Å². The van der Waals surface area contributed by atoms with E-state index >= 15 is 0 Å². The van der Waals surface area contributed by atoms with Crippen molar-refractivity contribution in [1.29, 1.82) is 0 Å². The van der Waals surface area contributed by atoms with Crippen molar-refractivity contribution in [2.45, 2.75) is 18.6 Å². The minimum Gasteiger partial charge on any atom is -0.493 e. The summed E-state index contributed by atoms with van der Waals surface area (Å²) >= 11 is 1.33. The number of amides is 1. The van der Waals surface area contributed by atoms with E-state index in [2.05, 4.69) is 9.97 Å². The van der Waals surface area contributed by atoms with Crippen molar-refractivity contribution in [2.24, 2.45) is 0 Å². The van der Waals surface area contributed by atoms with Gasteiger partial charge in [0.1, 0.15) is 0 Å². The summed E-state index contributed by atoms with van der Waals surface area (Å²) in [5, 5.41) is 0.599. The molecule has 0 unspecified atom stereocenters. The number of hydrogen-bond acceptors (Lipinski definition) is 6. The van der Waals surface area contributed by atoms with E-state index in [1.165, 1.54) is 11.8 Å². The molecule has 0 bridgehead atoms. The summed E-state index contributed by atoms with van der Waals surface area (Å²) in [4.78, 5) is 22.2. The standard InChI is InChI=1S/C17H21N3O3S/c1-12-8-14(22-3)15(23-4)9-13(12)10-20(2)16(21)11-24-17-18-6-5-7-19-17/h5-9H,10-11H2,1-4H3. The van der Waals surface area contributed by atoms with Gasteiger partial charge in [-0.05, 0) is 36.2 Å². The highest BCUT2D eigenvalue weighted by molar-refractivity contribution is 7.99. The van der Waals surface area contributed by atoms with Gasteiger partial charge >= 0.3 is 0 Å². The lowest BCUT2D eigenvalue weighted by molar-refractivity contribution is -0.127. The van der Waals surface area contributed by atoms with Crippen LogP contribution >= 0.6 is 11.8 Å². The highest BCUT2D eigenvalue weighted by Gasteiger charge is 2.14. The number of benzene rings is 1. The molecule has 0 aliphatic rings. The van der Waals surface area contributed by atoms with Crippen LogP contribution in [0, 0.1) is 6.92 Å². The predicted octanol–water partition coefficient (Wildman–Crippen LogP) is 2.55. The number of rotatable bonds is 7. The second kappa shape index (κ2) is 8.54. The summed E-state index contributed by atoms with van der Waals surface area (Å²) in [5.74, 6) is 1.66. The fraction of sp³-hybridized carbons (Fsp3) is 0.353. The number of carbonyl (C=O) groups is 1. The summed E-state index contributed by atoms with van der Waals surface area (Å²) in [6.07, 6.45) is 3.33. The Bertz CT molecular complexity index is 695.